The number of nitrogens with zero attached hydrogens (tertiary/aromatic N) is 1. The normalized spacial score (nSPS) is 10.4. The number of hydrogen-bond donors (Lipinski definition) is 2. The summed E-state index contributed by atoms with van der Waals surface area (Å²) >= 11 is 0. The maximum Gasteiger partial charge on any atom is 0.269 e. The second-order valence-electron chi connectivity index (χ2n) is 3.29. The molecular weight excluding hydrogens is 202 g/mol. The van der Waals surface area contributed by atoms with E-state index in [1.54, 1.807) is 19.3 Å². The molecule has 0 unspecified atom stereocenters. The zero-order valence-corrected chi connectivity index (χ0v) is 9.66. The second kappa shape index (κ2) is 6.61. The molecule has 0 fully saturated rings. The molecule has 0 bridgehead atoms. The summed E-state index contributed by atoms with van der Waals surface area (Å²) in [5.41, 5.74) is 1.34. The number of carbonyl (C=O) groups excluding carboxylic acids is 1. The Balaban J connectivity index is 2.57. The molecule has 1 amide bonds. The first kappa shape index (κ1) is 12.2. The van der Waals surface area contributed by atoms with E-state index in [-0.39, 0.29) is 5.91 Å². The van der Waals surface area contributed by atoms with Crippen LogP contribution in [0.15, 0.2) is 30.5 Å². The molecule has 0 saturated carbocycles. The number of nitrogens with one attached hydrogen (secondary N) is 2. The van der Waals surface area contributed by atoms with Gasteiger partial charge in [-0.15, -0.1) is 0 Å². The van der Waals surface area contributed by atoms with Gasteiger partial charge in [0.25, 0.3) is 5.91 Å². The molecule has 4 heteroatoms. The van der Waals surface area contributed by atoms with Crippen molar-refractivity contribution in [1.82, 2.24) is 10.3 Å². The summed E-state index contributed by atoms with van der Waals surface area (Å²) in [6.45, 7) is 2.84. The number of allylic oxidation sites excluding steroid dienone is 1. The second-order valence-corrected chi connectivity index (χ2v) is 3.29. The third kappa shape index (κ3) is 3.73. The summed E-state index contributed by atoms with van der Waals surface area (Å²) < 4.78 is 0. The molecule has 0 aliphatic carbocycles. The molecule has 0 aromatic carbocycles. The van der Waals surface area contributed by atoms with Crippen molar-refractivity contribution in [2.45, 2.75) is 13.3 Å². The first-order valence-electron chi connectivity index (χ1n) is 5.31. The molecule has 16 heavy (non-hydrogen) atoms. The molecule has 0 spiro atoms. The van der Waals surface area contributed by atoms with Crippen molar-refractivity contribution in [2.24, 2.45) is 0 Å². The monoisotopic (exact) mass is 219 g/mol. The van der Waals surface area contributed by atoms with Gasteiger partial charge in [0.15, 0.2) is 0 Å². The fourth-order valence-electron chi connectivity index (χ4n) is 1.26. The average Bonchev–Trinajstić information content (AvgIpc) is 2.34. The lowest BCUT2D eigenvalue weighted by atomic mass is 10.3. The molecule has 4 nitrogen and oxygen atoms in total. The Bertz CT molecular complexity index is 374. The maximum atomic E-state index is 11.3. The van der Waals surface area contributed by atoms with Crippen molar-refractivity contribution in [3.8, 4) is 0 Å². The third-order valence-electron chi connectivity index (χ3n) is 2.10. The van der Waals surface area contributed by atoms with Gasteiger partial charge in [-0.2, -0.15) is 0 Å². The predicted molar refractivity (Wildman–Crippen MR) is 65.5 cm³/mol. The van der Waals surface area contributed by atoms with Crippen molar-refractivity contribution >= 4 is 11.6 Å². The van der Waals surface area contributed by atoms with Crippen LogP contribution in [0.4, 0.5) is 5.69 Å². The smallest absolute Gasteiger partial charge is 0.269 e. The van der Waals surface area contributed by atoms with E-state index in [0.717, 1.165) is 18.7 Å². The highest BCUT2D eigenvalue weighted by atomic mass is 16.1. The van der Waals surface area contributed by atoms with Gasteiger partial charge in [0.05, 0.1) is 0 Å². The van der Waals surface area contributed by atoms with Crippen LogP contribution in [0.1, 0.15) is 23.8 Å². The Labute approximate surface area is 95.8 Å². The zero-order chi connectivity index (χ0) is 11.8. The fourth-order valence-corrected chi connectivity index (χ4v) is 1.26. The Morgan fingerprint density at radius 1 is 1.56 bits per heavy atom. The SMILES string of the molecule is C/C=C/CCNc1ccnc(C(=O)NC)c1. The largest absolute Gasteiger partial charge is 0.385 e. The number of anilines is 1. The maximum absolute atomic E-state index is 11.3. The van der Waals surface area contributed by atoms with E-state index in [1.165, 1.54) is 0 Å². The minimum atomic E-state index is -0.169. The molecule has 0 atom stereocenters. The first-order chi connectivity index (χ1) is 7.77. The van der Waals surface area contributed by atoms with Gasteiger partial charge in [0.2, 0.25) is 0 Å². The van der Waals surface area contributed by atoms with Crippen molar-refractivity contribution < 1.29 is 4.79 Å². The summed E-state index contributed by atoms with van der Waals surface area (Å²) in [6.07, 6.45) is 6.70. The predicted octanol–water partition coefficient (Wildman–Crippen LogP) is 1.82. The van der Waals surface area contributed by atoms with E-state index in [2.05, 4.69) is 21.7 Å². The molecule has 0 aliphatic rings. The van der Waals surface area contributed by atoms with Crippen LogP contribution in [-0.4, -0.2) is 24.5 Å². The molecule has 86 valence electrons. The lowest BCUT2D eigenvalue weighted by Crippen LogP contribution is -2.19. The number of hydrogen-bond acceptors (Lipinski definition) is 3. The molecule has 1 aromatic rings. The minimum Gasteiger partial charge on any atom is -0.385 e. The number of rotatable bonds is 5. The highest BCUT2D eigenvalue weighted by molar-refractivity contribution is 5.92. The van der Waals surface area contributed by atoms with Crippen LogP contribution in [0, 0.1) is 0 Å². The van der Waals surface area contributed by atoms with Gasteiger partial charge >= 0.3 is 0 Å². The van der Waals surface area contributed by atoms with E-state index in [9.17, 15) is 4.79 Å². The van der Waals surface area contributed by atoms with Crippen LogP contribution in [0.3, 0.4) is 0 Å². The van der Waals surface area contributed by atoms with Crippen LogP contribution in [-0.2, 0) is 0 Å². The third-order valence-corrected chi connectivity index (χ3v) is 2.10. The first-order valence-corrected chi connectivity index (χ1v) is 5.31. The number of carbonyl (C=O) groups is 1. The van der Waals surface area contributed by atoms with Crippen LogP contribution < -0.4 is 10.6 Å². The number of pyridine rings is 1. The standard InChI is InChI=1S/C12H17N3O/c1-3-4-5-7-14-10-6-8-15-11(9-10)12(16)13-2/h3-4,6,8-9H,5,7H2,1-2H3,(H,13,16)(H,14,15)/b4-3+. The van der Waals surface area contributed by atoms with Crippen molar-refractivity contribution in [3.05, 3.63) is 36.2 Å². The van der Waals surface area contributed by atoms with Crippen LogP contribution in [0.25, 0.3) is 0 Å². The van der Waals surface area contributed by atoms with E-state index in [0.29, 0.717) is 5.69 Å². The quantitative estimate of drug-likeness (QED) is 0.586. The molecule has 2 N–H and O–H groups in total. The summed E-state index contributed by atoms with van der Waals surface area (Å²) in [7, 11) is 1.59. The lowest BCUT2D eigenvalue weighted by molar-refractivity contribution is 0.0958. The van der Waals surface area contributed by atoms with Crippen LogP contribution in [0.5, 0.6) is 0 Å². The summed E-state index contributed by atoms with van der Waals surface area (Å²) in [4.78, 5) is 15.3. The van der Waals surface area contributed by atoms with Crippen LogP contribution >= 0.6 is 0 Å². The number of amides is 1. The van der Waals surface area contributed by atoms with Gasteiger partial charge in [0.1, 0.15) is 5.69 Å². The van der Waals surface area contributed by atoms with Gasteiger partial charge in [-0.3, -0.25) is 9.78 Å². The molecule has 1 rings (SSSR count). The van der Waals surface area contributed by atoms with Crippen molar-refractivity contribution in [1.29, 1.82) is 0 Å². The van der Waals surface area contributed by atoms with Crippen molar-refractivity contribution in [2.75, 3.05) is 18.9 Å². The van der Waals surface area contributed by atoms with Crippen molar-refractivity contribution in [3.63, 3.8) is 0 Å². The van der Waals surface area contributed by atoms with E-state index in [1.807, 2.05) is 19.1 Å². The lowest BCUT2D eigenvalue weighted by Gasteiger charge is -2.05. The summed E-state index contributed by atoms with van der Waals surface area (Å²) in [5, 5.41) is 5.77. The average molecular weight is 219 g/mol. The van der Waals surface area contributed by atoms with Gasteiger partial charge in [0, 0.05) is 25.5 Å². The molecule has 0 radical (unpaired) electrons. The van der Waals surface area contributed by atoms with Gasteiger partial charge in [-0.25, -0.2) is 0 Å². The Morgan fingerprint density at radius 3 is 3.06 bits per heavy atom. The van der Waals surface area contributed by atoms with Gasteiger partial charge < -0.3 is 10.6 Å². The number of aromatic nitrogens is 1. The fraction of sp³-hybridized carbons (Fsp3) is 0.333. The van der Waals surface area contributed by atoms with E-state index >= 15 is 0 Å². The highest BCUT2D eigenvalue weighted by Crippen LogP contribution is 2.07. The minimum absolute atomic E-state index is 0.169. The Hall–Kier alpha value is -1.84. The topological polar surface area (TPSA) is 54.0 Å². The van der Waals surface area contributed by atoms with E-state index < -0.39 is 0 Å². The molecular formula is C12H17N3O. The molecule has 1 heterocycles. The summed E-state index contributed by atoms with van der Waals surface area (Å²) in [6, 6.07) is 3.59. The van der Waals surface area contributed by atoms with E-state index in [4.69, 9.17) is 0 Å². The van der Waals surface area contributed by atoms with Gasteiger partial charge in [-0.05, 0) is 25.5 Å². The molecule has 0 saturated heterocycles. The van der Waals surface area contributed by atoms with Crippen LogP contribution in [0.2, 0.25) is 0 Å². The zero-order valence-electron chi connectivity index (χ0n) is 9.66. The summed E-state index contributed by atoms with van der Waals surface area (Å²) in [5.74, 6) is -0.169. The molecule has 0 aliphatic heterocycles. The van der Waals surface area contributed by atoms with Gasteiger partial charge in [-0.1, -0.05) is 12.2 Å². The highest BCUT2D eigenvalue weighted by Gasteiger charge is 2.04. The Morgan fingerprint density at radius 2 is 2.38 bits per heavy atom. The molecule has 1 aromatic heterocycles. The Kier molecular flexibility index (Phi) is 5.05.